The van der Waals surface area contributed by atoms with Crippen molar-refractivity contribution < 1.29 is 48.0 Å². The predicted molar refractivity (Wildman–Crippen MR) is 147 cm³/mol. The fraction of sp³-hybridized carbons (Fsp3) is 0.655. The van der Waals surface area contributed by atoms with Gasteiger partial charge >= 0.3 is 24.2 Å². The number of aliphatic carboxylic acids is 1. The van der Waals surface area contributed by atoms with E-state index in [1.165, 1.54) is 12.1 Å². The Morgan fingerprint density at radius 1 is 0.800 bits per heavy atom. The fourth-order valence-electron chi connectivity index (χ4n) is 2.96. The lowest BCUT2D eigenvalue weighted by molar-refractivity contribution is -0.152. The van der Waals surface area contributed by atoms with Crippen molar-refractivity contribution in [3.8, 4) is 11.5 Å². The van der Waals surface area contributed by atoms with Crippen LogP contribution in [0.3, 0.4) is 0 Å². The average Bonchev–Trinajstić information content (AvgIpc) is 2.86. The van der Waals surface area contributed by atoms with Crippen LogP contribution in [0.1, 0.15) is 74.3 Å². The first-order valence-corrected chi connectivity index (χ1v) is 13.7. The van der Waals surface area contributed by atoms with E-state index in [-0.39, 0.29) is 48.2 Å². The SMILES string of the molecule is CCC(C)C(=O)OC(C)CN[C@@H](Cc1ccc(OC(=O)OC(C)C(C)C)c(OC(=O)OC(C)C(C)C)c1)C(=O)O. The molecule has 11 heteroatoms. The van der Waals surface area contributed by atoms with Gasteiger partial charge in [-0.1, -0.05) is 47.6 Å². The van der Waals surface area contributed by atoms with Crippen molar-refractivity contribution in [1.29, 1.82) is 0 Å². The molecule has 0 aliphatic carbocycles. The van der Waals surface area contributed by atoms with Crippen molar-refractivity contribution in [2.45, 2.75) is 99.5 Å². The summed E-state index contributed by atoms with van der Waals surface area (Å²) in [6.45, 7) is 16.4. The summed E-state index contributed by atoms with van der Waals surface area (Å²) in [5.74, 6) is -1.85. The summed E-state index contributed by atoms with van der Waals surface area (Å²) in [4.78, 5) is 48.7. The summed E-state index contributed by atoms with van der Waals surface area (Å²) < 4.78 is 26.5. The van der Waals surface area contributed by atoms with Crippen LogP contribution in [0, 0.1) is 17.8 Å². The Balaban J connectivity index is 3.09. The van der Waals surface area contributed by atoms with E-state index in [1.807, 2.05) is 34.6 Å². The van der Waals surface area contributed by atoms with Crippen molar-refractivity contribution in [3.05, 3.63) is 23.8 Å². The van der Waals surface area contributed by atoms with E-state index in [1.54, 1.807) is 33.8 Å². The largest absolute Gasteiger partial charge is 0.514 e. The number of carboxylic acid groups (broad SMARTS) is 1. The van der Waals surface area contributed by atoms with Crippen LogP contribution in [-0.2, 0) is 30.2 Å². The van der Waals surface area contributed by atoms with Crippen LogP contribution in [0.4, 0.5) is 9.59 Å². The highest BCUT2D eigenvalue weighted by molar-refractivity contribution is 5.74. The molecular weight excluding hydrogens is 522 g/mol. The van der Waals surface area contributed by atoms with Gasteiger partial charge in [-0.15, -0.1) is 0 Å². The monoisotopic (exact) mass is 567 g/mol. The summed E-state index contributed by atoms with van der Waals surface area (Å²) in [5, 5.41) is 12.7. The molecule has 0 saturated heterocycles. The molecule has 1 aromatic carbocycles. The first-order chi connectivity index (χ1) is 18.6. The third-order valence-electron chi connectivity index (χ3n) is 6.56. The number of ether oxygens (including phenoxy) is 5. The van der Waals surface area contributed by atoms with Gasteiger partial charge in [-0.25, -0.2) is 9.59 Å². The number of rotatable bonds is 15. The maximum atomic E-state index is 12.4. The zero-order valence-corrected chi connectivity index (χ0v) is 25.0. The Morgan fingerprint density at radius 3 is 1.80 bits per heavy atom. The van der Waals surface area contributed by atoms with Gasteiger partial charge in [0, 0.05) is 6.54 Å². The summed E-state index contributed by atoms with van der Waals surface area (Å²) in [5.41, 5.74) is 0.472. The Kier molecular flexibility index (Phi) is 14.5. The minimum absolute atomic E-state index is 0.00965. The zero-order valence-electron chi connectivity index (χ0n) is 25.0. The standard InChI is InChI=1S/C29H45NO10/c1-10-18(6)27(33)36-19(7)15-30-23(26(31)32)13-22-11-12-24(39-28(34)37-20(8)16(2)3)25(14-22)40-29(35)38-21(9)17(4)5/h11-12,14,16-21,23,30H,10,13,15H2,1-9H3,(H,31,32)/t18?,19?,20?,21?,23-/m0/s1. The van der Waals surface area contributed by atoms with Crippen LogP contribution in [-0.4, -0.2) is 60.3 Å². The molecule has 0 aromatic heterocycles. The number of carboxylic acids is 1. The van der Waals surface area contributed by atoms with E-state index >= 15 is 0 Å². The smallest absolute Gasteiger partial charge is 0.480 e. The molecule has 4 unspecified atom stereocenters. The highest BCUT2D eigenvalue weighted by Crippen LogP contribution is 2.30. The first-order valence-electron chi connectivity index (χ1n) is 13.7. The van der Waals surface area contributed by atoms with Crippen molar-refractivity contribution in [2.24, 2.45) is 17.8 Å². The van der Waals surface area contributed by atoms with E-state index in [0.717, 1.165) is 0 Å². The molecule has 0 aliphatic rings. The van der Waals surface area contributed by atoms with Gasteiger partial charge in [-0.05, 0) is 63.1 Å². The number of carbonyl (C=O) groups is 4. The molecule has 0 radical (unpaired) electrons. The van der Waals surface area contributed by atoms with Crippen molar-refractivity contribution in [2.75, 3.05) is 6.54 Å². The van der Waals surface area contributed by atoms with E-state index < -0.39 is 42.6 Å². The molecule has 0 aliphatic heterocycles. The molecule has 2 N–H and O–H groups in total. The van der Waals surface area contributed by atoms with Crippen LogP contribution in [0.25, 0.3) is 0 Å². The lowest BCUT2D eigenvalue weighted by Gasteiger charge is -2.21. The summed E-state index contributed by atoms with van der Waals surface area (Å²) in [6.07, 6.45) is -2.75. The second kappa shape index (κ2) is 16.7. The van der Waals surface area contributed by atoms with E-state index in [4.69, 9.17) is 23.7 Å². The second-order valence-corrected chi connectivity index (χ2v) is 10.7. The third-order valence-corrected chi connectivity index (χ3v) is 6.56. The van der Waals surface area contributed by atoms with Gasteiger partial charge in [0.2, 0.25) is 0 Å². The highest BCUT2D eigenvalue weighted by Gasteiger charge is 2.24. The number of esters is 1. The molecule has 1 rings (SSSR count). The van der Waals surface area contributed by atoms with E-state index in [9.17, 15) is 24.3 Å². The maximum absolute atomic E-state index is 12.4. The molecule has 0 bridgehead atoms. The van der Waals surface area contributed by atoms with E-state index in [2.05, 4.69) is 5.32 Å². The maximum Gasteiger partial charge on any atom is 0.514 e. The molecular formula is C29H45NO10. The van der Waals surface area contributed by atoms with Gasteiger partial charge in [0.1, 0.15) is 24.4 Å². The van der Waals surface area contributed by atoms with Crippen molar-refractivity contribution >= 4 is 24.2 Å². The Hall–Kier alpha value is -3.34. The molecule has 11 nitrogen and oxygen atoms in total. The lowest BCUT2D eigenvalue weighted by atomic mass is 10.0. The topological polar surface area (TPSA) is 147 Å². The average molecular weight is 568 g/mol. The van der Waals surface area contributed by atoms with Crippen LogP contribution in [0.2, 0.25) is 0 Å². The zero-order chi connectivity index (χ0) is 30.6. The molecule has 40 heavy (non-hydrogen) atoms. The highest BCUT2D eigenvalue weighted by atomic mass is 16.7. The normalized spacial score (nSPS) is 15.0. The van der Waals surface area contributed by atoms with Crippen LogP contribution < -0.4 is 14.8 Å². The molecule has 1 aromatic rings. The Labute approximate surface area is 236 Å². The van der Waals surface area contributed by atoms with Gasteiger partial charge in [0.25, 0.3) is 0 Å². The molecule has 0 heterocycles. The summed E-state index contributed by atoms with van der Waals surface area (Å²) in [7, 11) is 0. The van der Waals surface area contributed by atoms with Crippen molar-refractivity contribution in [3.63, 3.8) is 0 Å². The number of carbonyl (C=O) groups excluding carboxylic acids is 3. The molecule has 0 spiro atoms. The van der Waals surface area contributed by atoms with Gasteiger partial charge in [-0.2, -0.15) is 0 Å². The summed E-state index contributed by atoms with van der Waals surface area (Å²) >= 11 is 0. The van der Waals surface area contributed by atoms with Gasteiger partial charge in [0.05, 0.1) is 5.92 Å². The quantitative estimate of drug-likeness (QED) is 0.160. The van der Waals surface area contributed by atoms with Gasteiger partial charge in [0.15, 0.2) is 11.5 Å². The number of hydrogen-bond acceptors (Lipinski definition) is 10. The number of benzene rings is 1. The van der Waals surface area contributed by atoms with Crippen LogP contribution >= 0.6 is 0 Å². The first kappa shape index (κ1) is 34.7. The molecule has 226 valence electrons. The third kappa shape index (κ3) is 12.2. The van der Waals surface area contributed by atoms with E-state index in [0.29, 0.717) is 12.0 Å². The molecule has 0 fully saturated rings. The van der Waals surface area contributed by atoms with Crippen molar-refractivity contribution in [1.82, 2.24) is 5.32 Å². The number of hydrogen-bond donors (Lipinski definition) is 2. The Morgan fingerprint density at radius 2 is 1.32 bits per heavy atom. The van der Waals surface area contributed by atoms with Crippen LogP contribution in [0.15, 0.2) is 18.2 Å². The molecule has 0 amide bonds. The molecule has 0 saturated carbocycles. The minimum atomic E-state index is -1.13. The second-order valence-electron chi connectivity index (χ2n) is 10.7. The number of nitrogens with one attached hydrogen (secondary N) is 1. The fourth-order valence-corrected chi connectivity index (χ4v) is 2.96. The predicted octanol–water partition coefficient (Wildman–Crippen LogP) is 5.37. The van der Waals surface area contributed by atoms with Gasteiger partial charge in [-0.3, -0.25) is 9.59 Å². The lowest BCUT2D eigenvalue weighted by Crippen LogP contribution is -2.43. The molecule has 5 atom stereocenters. The van der Waals surface area contributed by atoms with Gasteiger partial charge < -0.3 is 34.1 Å². The Bertz CT molecular complexity index is 993. The summed E-state index contributed by atoms with van der Waals surface area (Å²) in [6, 6.07) is 3.29. The minimum Gasteiger partial charge on any atom is -0.480 e. The van der Waals surface area contributed by atoms with Crippen LogP contribution in [0.5, 0.6) is 11.5 Å².